The summed E-state index contributed by atoms with van der Waals surface area (Å²) in [5, 5.41) is 21.7. The van der Waals surface area contributed by atoms with Gasteiger partial charge in [0.2, 0.25) is 5.91 Å². The Morgan fingerprint density at radius 1 is 1.07 bits per heavy atom. The van der Waals surface area contributed by atoms with Gasteiger partial charge in [-0.3, -0.25) is 14.3 Å². The second-order valence-electron chi connectivity index (χ2n) is 9.88. The van der Waals surface area contributed by atoms with Gasteiger partial charge in [-0.25, -0.2) is 0 Å². The Morgan fingerprint density at radius 2 is 1.89 bits per heavy atom. The van der Waals surface area contributed by atoms with Gasteiger partial charge in [-0.05, 0) is 74.9 Å². The molecule has 0 aliphatic carbocycles. The van der Waals surface area contributed by atoms with Crippen LogP contribution in [0.2, 0.25) is 0 Å². The summed E-state index contributed by atoms with van der Waals surface area (Å²) in [5.41, 5.74) is 3.58. The molecule has 234 valence electrons. The first kappa shape index (κ1) is 33.7. The number of anilines is 1. The van der Waals surface area contributed by atoms with Crippen molar-refractivity contribution >= 4 is 17.6 Å². The fourth-order valence-electron chi connectivity index (χ4n) is 4.00. The number of aromatic nitrogens is 5. The topological polar surface area (TPSA) is 124 Å². The number of ether oxygens (including phenoxy) is 1. The molecule has 0 aliphatic rings. The van der Waals surface area contributed by atoms with Crippen LogP contribution in [-0.4, -0.2) is 49.9 Å². The number of rotatable bonds is 15. The number of nitrogens with one attached hydrogen (secondary N) is 2. The van der Waals surface area contributed by atoms with E-state index in [0.717, 1.165) is 42.7 Å². The first-order valence-corrected chi connectivity index (χ1v) is 14.2. The van der Waals surface area contributed by atoms with Crippen LogP contribution in [0, 0.1) is 0 Å². The number of unbranched alkanes of at least 4 members (excludes halogenated alkanes) is 1. The molecule has 0 aliphatic heterocycles. The maximum absolute atomic E-state index is 12.6. The third-order valence-corrected chi connectivity index (χ3v) is 6.44. The number of hydrogen-bond donors (Lipinski definition) is 2. The molecule has 0 saturated heterocycles. The van der Waals surface area contributed by atoms with Crippen molar-refractivity contribution in [2.45, 2.75) is 65.8 Å². The normalized spacial score (nSPS) is 12.4. The number of alkyl halides is 3. The molecule has 2 heterocycles. The van der Waals surface area contributed by atoms with Crippen LogP contribution in [0.5, 0.6) is 5.75 Å². The van der Waals surface area contributed by atoms with E-state index in [0.29, 0.717) is 25.1 Å². The van der Waals surface area contributed by atoms with E-state index in [-0.39, 0.29) is 23.8 Å². The summed E-state index contributed by atoms with van der Waals surface area (Å²) in [6.45, 7) is 7.04. The number of allylic oxidation sites excluding steroid dienone is 4. The molecule has 3 rings (SSSR count). The third kappa shape index (κ3) is 11.8. The molecule has 0 spiro atoms. The maximum atomic E-state index is 12.6. The number of benzene rings is 1. The number of halogens is 3. The van der Waals surface area contributed by atoms with Crippen molar-refractivity contribution in [2.75, 3.05) is 11.9 Å². The van der Waals surface area contributed by atoms with Crippen LogP contribution in [0.25, 0.3) is 0 Å². The lowest BCUT2D eigenvalue weighted by Gasteiger charge is -2.10. The van der Waals surface area contributed by atoms with E-state index in [1.54, 1.807) is 23.0 Å². The average Bonchev–Trinajstić information content (AvgIpc) is 3.46. The van der Waals surface area contributed by atoms with Gasteiger partial charge in [0.15, 0.2) is 11.5 Å². The first-order valence-electron chi connectivity index (χ1n) is 14.2. The monoisotopic (exact) mass is 611 g/mol. The molecule has 2 N–H and O–H groups in total. The van der Waals surface area contributed by atoms with E-state index in [9.17, 15) is 22.8 Å². The van der Waals surface area contributed by atoms with Gasteiger partial charge in [0, 0.05) is 13.1 Å². The standard InChI is InChI=1S/C31H36F3N7O3/c1-4-6-7-12-24(22(3)5-2)20-35-30(43)27-21-41(40-38-27)17-9-8-13-25-15-16-28(39-37-25)36-29(42)19-23-11-10-14-26(18-23)44-31(32,33)34/h4,6-7,10-12,14-16,18,21H,5,8-9,13,17,19-20H2,1-3H3,(H,35,43)(H,36,39,42)/b6-4-,12-7-,24-22-. The fraction of sp³-hybridized carbons (Fsp3) is 0.355. The largest absolute Gasteiger partial charge is 0.573 e. The zero-order valence-corrected chi connectivity index (χ0v) is 24.9. The lowest BCUT2D eigenvalue weighted by atomic mass is 10.1. The van der Waals surface area contributed by atoms with Crippen molar-refractivity contribution in [1.82, 2.24) is 30.5 Å². The summed E-state index contributed by atoms with van der Waals surface area (Å²) >= 11 is 0. The maximum Gasteiger partial charge on any atom is 0.573 e. The zero-order chi connectivity index (χ0) is 32.0. The Morgan fingerprint density at radius 3 is 2.59 bits per heavy atom. The summed E-state index contributed by atoms with van der Waals surface area (Å²) in [7, 11) is 0. The lowest BCUT2D eigenvalue weighted by molar-refractivity contribution is -0.274. The predicted octanol–water partition coefficient (Wildman–Crippen LogP) is 5.76. The minimum absolute atomic E-state index is 0.158. The van der Waals surface area contributed by atoms with Crippen molar-refractivity contribution in [3.05, 3.63) is 95.0 Å². The summed E-state index contributed by atoms with van der Waals surface area (Å²) < 4.78 is 42.8. The third-order valence-electron chi connectivity index (χ3n) is 6.44. The van der Waals surface area contributed by atoms with Crippen molar-refractivity contribution in [1.29, 1.82) is 0 Å². The van der Waals surface area contributed by atoms with E-state index in [4.69, 9.17) is 0 Å². The molecule has 2 aromatic heterocycles. The van der Waals surface area contributed by atoms with Crippen molar-refractivity contribution in [3.63, 3.8) is 0 Å². The van der Waals surface area contributed by atoms with E-state index in [1.165, 1.54) is 17.7 Å². The van der Waals surface area contributed by atoms with Crippen molar-refractivity contribution in [2.24, 2.45) is 0 Å². The van der Waals surface area contributed by atoms with E-state index in [1.807, 2.05) is 38.2 Å². The Hall–Kier alpha value is -4.81. The molecule has 3 aromatic rings. The van der Waals surface area contributed by atoms with Gasteiger partial charge >= 0.3 is 6.36 Å². The van der Waals surface area contributed by atoms with E-state index >= 15 is 0 Å². The molecular formula is C31H36F3N7O3. The second kappa shape index (κ2) is 16.7. The summed E-state index contributed by atoms with van der Waals surface area (Å²) in [4.78, 5) is 24.9. The minimum Gasteiger partial charge on any atom is -0.406 e. The average molecular weight is 612 g/mol. The number of carbonyl (C=O) groups excluding carboxylic acids is 2. The molecule has 0 bridgehead atoms. The molecule has 1 aromatic carbocycles. The second-order valence-corrected chi connectivity index (χ2v) is 9.88. The predicted molar refractivity (Wildman–Crippen MR) is 160 cm³/mol. The lowest BCUT2D eigenvalue weighted by Crippen LogP contribution is -2.26. The molecule has 0 radical (unpaired) electrons. The molecule has 44 heavy (non-hydrogen) atoms. The smallest absolute Gasteiger partial charge is 0.406 e. The van der Waals surface area contributed by atoms with Crippen LogP contribution in [0.3, 0.4) is 0 Å². The number of hydrogen-bond acceptors (Lipinski definition) is 7. The zero-order valence-electron chi connectivity index (χ0n) is 24.9. The number of amides is 2. The fourth-order valence-corrected chi connectivity index (χ4v) is 4.00. The van der Waals surface area contributed by atoms with Crippen molar-refractivity contribution < 1.29 is 27.5 Å². The first-order chi connectivity index (χ1) is 21.1. The highest BCUT2D eigenvalue weighted by Gasteiger charge is 2.31. The van der Waals surface area contributed by atoms with Gasteiger partial charge in [-0.15, -0.1) is 23.4 Å². The van der Waals surface area contributed by atoms with Gasteiger partial charge in [-0.1, -0.05) is 54.1 Å². The molecule has 13 heteroatoms. The molecule has 0 saturated carbocycles. The van der Waals surface area contributed by atoms with Gasteiger partial charge in [0.05, 0.1) is 18.3 Å². The van der Waals surface area contributed by atoms with E-state index in [2.05, 4.69) is 42.8 Å². The Bertz CT molecular complexity index is 1480. The molecule has 2 amide bonds. The Balaban J connectivity index is 1.40. The SMILES string of the molecule is C\C=C/C=C\C(CNC(=O)c1cn(CCCCc2ccc(NC(=O)Cc3cccc(OC(F)(F)F)c3)nn2)nn1)=C(/C)CC. The minimum atomic E-state index is -4.81. The molecule has 0 fully saturated rings. The van der Waals surface area contributed by atoms with Crippen LogP contribution in [0.1, 0.15) is 61.8 Å². The molecule has 0 unspecified atom stereocenters. The quantitative estimate of drug-likeness (QED) is 0.165. The summed E-state index contributed by atoms with van der Waals surface area (Å²) in [5.74, 6) is -0.902. The van der Waals surface area contributed by atoms with Crippen molar-refractivity contribution in [3.8, 4) is 5.75 Å². The highest BCUT2D eigenvalue weighted by atomic mass is 19.4. The van der Waals surface area contributed by atoms with E-state index < -0.39 is 18.0 Å². The molecular weight excluding hydrogens is 575 g/mol. The number of carbonyl (C=O) groups is 2. The highest BCUT2D eigenvalue weighted by molar-refractivity contribution is 5.92. The van der Waals surface area contributed by atoms with Gasteiger partial charge in [0.1, 0.15) is 5.75 Å². The van der Waals surface area contributed by atoms with Gasteiger partial charge < -0.3 is 15.4 Å². The number of nitrogens with zero attached hydrogens (tertiary/aromatic N) is 5. The van der Waals surface area contributed by atoms with Crippen LogP contribution < -0.4 is 15.4 Å². The number of aryl methyl sites for hydroxylation is 2. The van der Waals surface area contributed by atoms with Crippen LogP contribution in [0.15, 0.2) is 78.0 Å². The summed E-state index contributed by atoms with van der Waals surface area (Å²) in [6.07, 6.45) is 7.55. The van der Waals surface area contributed by atoms with Gasteiger partial charge in [-0.2, -0.15) is 5.10 Å². The molecule has 0 atom stereocenters. The van der Waals surface area contributed by atoms with Crippen LogP contribution in [-0.2, 0) is 24.2 Å². The molecule has 10 nitrogen and oxygen atoms in total. The Kier molecular flexibility index (Phi) is 12.8. The van der Waals surface area contributed by atoms with Gasteiger partial charge in [0.25, 0.3) is 5.91 Å². The highest BCUT2D eigenvalue weighted by Crippen LogP contribution is 2.23. The summed E-state index contributed by atoms with van der Waals surface area (Å²) in [6, 6.07) is 8.59. The van der Waals surface area contributed by atoms with Crippen LogP contribution >= 0.6 is 0 Å². The van der Waals surface area contributed by atoms with Crippen LogP contribution in [0.4, 0.5) is 19.0 Å². The Labute approximate surface area is 254 Å².